The van der Waals surface area contributed by atoms with Crippen LogP contribution in [0.15, 0.2) is 23.8 Å². The molecule has 0 aromatic heterocycles. The molecule has 4 rings (SSSR count). The van der Waals surface area contributed by atoms with Gasteiger partial charge >= 0.3 is 0 Å². The monoisotopic (exact) mass is 412 g/mol. The van der Waals surface area contributed by atoms with Gasteiger partial charge in [-0.3, -0.25) is 0 Å². The first-order chi connectivity index (χ1) is 14.2. The van der Waals surface area contributed by atoms with E-state index in [9.17, 15) is 5.11 Å². The van der Waals surface area contributed by atoms with E-state index >= 15 is 0 Å². The van der Waals surface area contributed by atoms with Crippen molar-refractivity contribution in [1.29, 1.82) is 0 Å². The zero-order valence-corrected chi connectivity index (χ0v) is 20.7. The third-order valence-electron chi connectivity index (χ3n) is 10.7. The fourth-order valence-corrected chi connectivity index (χ4v) is 8.68. The molecule has 1 heteroatoms. The Hall–Kier alpha value is -0.560. The lowest BCUT2D eigenvalue weighted by Gasteiger charge is -2.57. The van der Waals surface area contributed by atoms with Gasteiger partial charge in [-0.25, -0.2) is 0 Å². The number of hydrogen-bond donors (Lipinski definition) is 1. The maximum atomic E-state index is 10.3. The predicted molar refractivity (Wildman–Crippen MR) is 128 cm³/mol. The van der Waals surface area contributed by atoms with E-state index < -0.39 is 0 Å². The maximum Gasteiger partial charge on any atom is 0.0543 e. The van der Waals surface area contributed by atoms with Gasteiger partial charge < -0.3 is 5.11 Å². The summed E-state index contributed by atoms with van der Waals surface area (Å²) in [5.74, 6) is 5.32. The van der Waals surface area contributed by atoms with Crippen LogP contribution in [-0.4, -0.2) is 11.2 Å². The smallest absolute Gasteiger partial charge is 0.0543 e. The van der Waals surface area contributed by atoms with E-state index in [0.29, 0.717) is 22.7 Å². The molecule has 0 aromatic rings. The Balaban J connectivity index is 1.53. The number of aliphatic hydroxyl groups excluding tert-OH is 1. The Kier molecular flexibility index (Phi) is 6.35. The Morgan fingerprint density at radius 2 is 1.70 bits per heavy atom. The largest absolute Gasteiger partial charge is 0.393 e. The van der Waals surface area contributed by atoms with Crippen molar-refractivity contribution in [3.05, 3.63) is 23.8 Å². The molecule has 1 N–H and O–H groups in total. The molecule has 3 saturated carbocycles. The topological polar surface area (TPSA) is 20.2 Å². The molecular formula is C29H48O. The van der Waals surface area contributed by atoms with E-state index in [1.165, 1.54) is 44.9 Å². The van der Waals surface area contributed by atoms with E-state index in [-0.39, 0.29) is 6.10 Å². The van der Waals surface area contributed by atoms with E-state index in [1.807, 2.05) is 5.57 Å². The van der Waals surface area contributed by atoms with Crippen molar-refractivity contribution in [2.24, 2.45) is 52.3 Å². The normalized spacial score (nSPS) is 45.6. The zero-order valence-electron chi connectivity index (χ0n) is 20.7. The van der Waals surface area contributed by atoms with Crippen LogP contribution in [0.3, 0.4) is 0 Å². The van der Waals surface area contributed by atoms with Crippen LogP contribution < -0.4 is 0 Å². The molecular weight excluding hydrogens is 364 g/mol. The van der Waals surface area contributed by atoms with E-state index in [2.05, 4.69) is 59.8 Å². The highest BCUT2D eigenvalue weighted by molar-refractivity contribution is 5.28. The number of allylic oxidation sites excluding steroid dienone is 4. The van der Waals surface area contributed by atoms with Crippen molar-refractivity contribution >= 4 is 0 Å². The first kappa shape index (κ1) is 22.6. The van der Waals surface area contributed by atoms with Crippen molar-refractivity contribution in [2.45, 2.75) is 105 Å². The van der Waals surface area contributed by atoms with Crippen LogP contribution in [0.25, 0.3) is 0 Å². The molecule has 170 valence electrons. The molecule has 0 spiro atoms. The Bertz CT molecular complexity index is 674. The van der Waals surface area contributed by atoms with Gasteiger partial charge in [0.1, 0.15) is 0 Å². The third kappa shape index (κ3) is 3.66. The minimum absolute atomic E-state index is 0.0480. The molecule has 9 atom stereocenters. The van der Waals surface area contributed by atoms with Gasteiger partial charge in [-0.2, -0.15) is 0 Å². The van der Waals surface area contributed by atoms with Gasteiger partial charge in [-0.05, 0) is 110 Å². The lowest BCUT2D eigenvalue weighted by molar-refractivity contribution is -0.0414. The number of aliphatic hydroxyl groups is 1. The van der Waals surface area contributed by atoms with Crippen LogP contribution in [0.1, 0.15) is 99.3 Å². The lowest BCUT2D eigenvalue weighted by Crippen LogP contribution is -2.49. The molecule has 0 amide bonds. The van der Waals surface area contributed by atoms with Gasteiger partial charge in [0.05, 0.1) is 6.10 Å². The highest BCUT2D eigenvalue weighted by Crippen LogP contribution is 2.66. The van der Waals surface area contributed by atoms with Crippen LogP contribution in [0, 0.1) is 52.3 Å². The molecule has 0 heterocycles. The standard InChI is InChI=1S/C29H48O/c1-7-21(19(2)3)9-8-20(4)25-12-13-26-24-11-10-22-18-23(30)14-16-28(22,5)27(24)15-17-29(25,26)6/h8-9,11,19-23,25-27,30H,7,10,12-18H2,1-6H3/b9-8+/t20-,21-,22-,23+,25-,26+,27+,28+,29-/m1/s1. The predicted octanol–water partition coefficient (Wildman–Crippen LogP) is 7.80. The summed E-state index contributed by atoms with van der Waals surface area (Å²) in [5.41, 5.74) is 2.79. The number of rotatable bonds is 5. The first-order valence-corrected chi connectivity index (χ1v) is 13.3. The van der Waals surface area contributed by atoms with Crippen molar-refractivity contribution in [2.75, 3.05) is 0 Å². The summed E-state index contributed by atoms with van der Waals surface area (Å²) in [7, 11) is 0. The van der Waals surface area contributed by atoms with Crippen LogP contribution in [0.5, 0.6) is 0 Å². The van der Waals surface area contributed by atoms with Gasteiger partial charge in [-0.15, -0.1) is 0 Å². The highest BCUT2D eigenvalue weighted by atomic mass is 16.3. The van der Waals surface area contributed by atoms with E-state index in [4.69, 9.17) is 0 Å². The zero-order chi connectivity index (χ0) is 21.7. The summed E-state index contributed by atoms with van der Waals surface area (Å²) in [6.45, 7) is 14.8. The maximum absolute atomic E-state index is 10.3. The average Bonchev–Trinajstić information content (AvgIpc) is 3.06. The summed E-state index contributed by atoms with van der Waals surface area (Å²) in [6, 6.07) is 0. The van der Waals surface area contributed by atoms with Crippen molar-refractivity contribution in [3.8, 4) is 0 Å². The summed E-state index contributed by atoms with van der Waals surface area (Å²) in [5, 5.41) is 10.3. The van der Waals surface area contributed by atoms with Gasteiger partial charge in [0.15, 0.2) is 0 Å². The molecule has 4 aliphatic carbocycles. The van der Waals surface area contributed by atoms with Crippen molar-refractivity contribution < 1.29 is 5.11 Å². The van der Waals surface area contributed by atoms with Crippen LogP contribution in [-0.2, 0) is 0 Å². The Labute approximate surface area is 186 Å². The highest BCUT2D eigenvalue weighted by Gasteiger charge is 2.57. The van der Waals surface area contributed by atoms with Gasteiger partial charge in [0.25, 0.3) is 0 Å². The van der Waals surface area contributed by atoms with Crippen LogP contribution in [0.2, 0.25) is 0 Å². The number of hydrogen-bond acceptors (Lipinski definition) is 1. The second-order valence-electron chi connectivity index (χ2n) is 12.5. The molecule has 0 aliphatic heterocycles. The SMILES string of the molecule is CC[C@H](/C=C/[C@@H](C)[C@H]1CC[C@H]2C3=CC[C@@H]4C[C@@H](O)CC[C@]4(C)[C@H]3CC[C@]12C)C(C)C. The molecule has 0 saturated heterocycles. The van der Waals surface area contributed by atoms with Gasteiger partial charge in [0, 0.05) is 0 Å². The molecule has 0 radical (unpaired) electrons. The van der Waals surface area contributed by atoms with Crippen molar-refractivity contribution in [1.82, 2.24) is 0 Å². The average molecular weight is 413 g/mol. The summed E-state index contributed by atoms with van der Waals surface area (Å²) in [4.78, 5) is 0. The molecule has 4 aliphatic rings. The summed E-state index contributed by atoms with van der Waals surface area (Å²) in [6.07, 6.45) is 19.2. The van der Waals surface area contributed by atoms with Crippen LogP contribution in [0.4, 0.5) is 0 Å². The minimum atomic E-state index is -0.0480. The summed E-state index contributed by atoms with van der Waals surface area (Å²) < 4.78 is 0. The van der Waals surface area contributed by atoms with E-state index in [1.54, 1.807) is 0 Å². The molecule has 0 unspecified atom stereocenters. The Morgan fingerprint density at radius 3 is 2.40 bits per heavy atom. The molecule has 0 aromatic carbocycles. The lowest BCUT2D eigenvalue weighted by atomic mass is 9.47. The second-order valence-corrected chi connectivity index (χ2v) is 12.5. The number of fused-ring (bicyclic) bond motifs is 5. The first-order valence-electron chi connectivity index (χ1n) is 13.3. The quantitative estimate of drug-likeness (QED) is 0.457. The van der Waals surface area contributed by atoms with Crippen molar-refractivity contribution in [3.63, 3.8) is 0 Å². The van der Waals surface area contributed by atoms with Gasteiger partial charge in [0.2, 0.25) is 0 Å². The fourth-order valence-electron chi connectivity index (χ4n) is 8.68. The molecule has 1 nitrogen and oxygen atoms in total. The molecule has 0 bridgehead atoms. The Morgan fingerprint density at radius 1 is 1.00 bits per heavy atom. The van der Waals surface area contributed by atoms with E-state index in [0.717, 1.165) is 42.4 Å². The fraction of sp³-hybridized carbons (Fsp3) is 0.862. The molecule has 3 fully saturated rings. The minimum Gasteiger partial charge on any atom is -0.393 e. The molecule has 30 heavy (non-hydrogen) atoms. The summed E-state index contributed by atoms with van der Waals surface area (Å²) >= 11 is 0. The van der Waals surface area contributed by atoms with Gasteiger partial charge in [-0.1, -0.05) is 65.3 Å². The second kappa shape index (κ2) is 8.42. The van der Waals surface area contributed by atoms with Crippen LogP contribution >= 0.6 is 0 Å². The third-order valence-corrected chi connectivity index (χ3v) is 10.7.